The minimum Gasteiger partial charge on any atom is -0.397 e. The minimum absolute atomic E-state index is 0.0336. The first-order chi connectivity index (χ1) is 12.9. The number of aromatic nitrogens is 1. The smallest absolute Gasteiger partial charge is 0.322 e. The number of nitrogens with zero attached hydrogens (tertiary/aromatic N) is 2. The molecular weight excluding hydrogens is 369 g/mol. The Bertz CT molecular complexity index is 991. The van der Waals surface area contributed by atoms with Crippen LogP contribution in [0.2, 0.25) is 5.02 Å². The predicted molar refractivity (Wildman–Crippen MR) is 104 cm³/mol. The molecule has 1 atom stereocenters. The zero-order valence-corrected chi connectivity index (χ0v) is 15.5. The standard InChI is InChI=1S/C19H19ClFN5O/c1-9-6-24-18(27)26(9)16-12(22)3-2-10(15(16)21)11-7-23-17-13(14(11)20)19(4-5-19)8-25-17/h2-3,7,9H,4-6,8,22H2,1H3,(H,23,25)(H,24,27). The second kappa shape index (κ2) is 5.48. The SMILES string of the molecule is CC1CNC(=O)N1c1c(N)ccc(-c2cnc3c(c2Cl)C2(CC2)CN3)c1F. The Balaban J connectivity index is 1.68. The van der Waals surface area contributed by atoms with E-state index in [1.165, 1.54) is 4.90 Å². The molecule has 1 saturated heterocycles. The van der Waals surface area contributed by atoms with Crippen molar-refractivity contribution in [2.45, 2.75) is 31.2 Å². The van der Waals surface area contributed by atoms with E-state index in [1.807, 2.05) is 6.92 Å². The summed E-state index contributed by atoms with van der Waals surface area (Å²) in [6, 6.07) is 2.66. The van der Waals surface area contributed by atoms with Crippen molar-refractivity contribution in [1.82, 2.24) is 10.3 Å². The van der Waals surface area contributed by atoms with Gasteiger partial charge in [-0.2, -0.15) is 0 Å². The number of benzene rings is 1. The number of anilines is 3. The first kappa shape index (κ1) is 16.6. The lowest BCUT2D eigenvalue weighted by molar-refractivity contribution is 0.251. The van der Waals surface area contributed by atoms with E-state index in [9.17, 15) is 4.79 Å². The van der Waals surface area contributed by atoms with E-state index in [0.29, 0.717) is 22.7 Å². The molecule has 1 aromatic heterocycles. The lowest BCUT2D eigenvalue weighted by Gasteiger charge is -2.23. The van der Waals surface area contributed by atoms with Crippen LogP contribution < -0.4 is 21.3 Å². The number of urea groups is 1. The summed E-state index contributed by atoms with van der Waals surface area (Å²) in [6.07, 6.45) is 3.69. The van der Waals surface area contributed by atoms with Gasteiger partial charge in [0.2, 0.25) is 0 Å². The second-order valence-electron chi connectivity index (χ2n) is 7.61. The number of pyridine rings is 1. The van der Waals surface area contributed by atoms with Gasteiger partial charge in [-0.1, -0.05) is 11.6 Å². The third-order valence-corrected chi connectivity index (χ3v) is 6.27. The number of rotatable bonds is 2. The van der Waals surface area contributed by atoms with Crippen molar-refractivity contribution in [1.29, 1.82) is 0 Å². The van der Waals surface area contributed by atoms with Crippen LogP contribution in [0.5, 0.6) is 0 Å². The average Bonchev–Trinajstić information content (AvgIpc) is 3.21. The van der Waals surface area contributed by atoms with Crippen molar-refractivity contribution < 1.29 is 9.18 Å². The van der Waals surface area contributed by atoms with Crippen molar-refractivity contribution >= 4 is 34.8 Å². The van der Waals surface area contributed by atoms with Crippen LogP contribution in [-0.4, -0.2) is 30.1 Å². The maximum atomic E-state index is 15.6. The van der Waals surface area contributed by atoms with E-state index >= 15 is 4.39 Å². The molecule has 2 aromatic rings. The van der Waals surface area contributed by atoms with Gasteiger partial charge in [-0.15, -0.1) is 0 Å². The highest BCUT2D eigenvalue weighted by molar-refractivity contribution is 6.34. The number of fused-ring (bicyclic) bond motifs is 2. The number of nitrogens with one attached hydrogen (secondary N) is 2. The normalized spacial score (nSPS) is 22.0. The number of amides is 2. The third kappa shape index (κ3) is 2.24. The molecule has 5 rings (SSSR count). The molecule has 0 bridgehead atoms. The Kier molecular flexibility index (Phi) is 3.37. The van der Waals surface area contributed by atoms with Gasteiger partial charge in [0.25, 0.3) is 0 Å². The summed E-state index contributed by atoms with van der Waals surface area (Å²) in [5.74, 6) is 0.225. The maximum Gasteiger partial charge on any atom is 0.322 e. The van der Waals surface area contributed by atoms with Gasteiger partial charge in [0, 0.05) is 41.4 Å². The maximum absolute atomic E-state index is 15.6. The van der Waals surface area contributed by atoms with Gasteiger partial charge in [0.15, 0.2) is 5.82 Å². The van der Waals surface area contributed by atoms with Gasteiger partial charge in [0.05, 0.1) is 16.8 Å². The summed E-state index contributed by atoms with van der Waals surface area (Å²) < 4.78 is 15.6. The zero-order chi connectivity index (χ0) is 18.9. The summed E-state index contributed by atoms with van der Waals surface area (Å²) in [5, 5.41) is 6.53. The summed E-state index contributed by atoms with van der Waals surface area (Å²) in [5.41, 5.74) is 8.17. The Hall–Kier alpha value is -2.54. The van der Waals surface area contributed by atoms with Crippen LogP contribution in [0.3, 0.4) is 0 Å². The molecule has 2 fully saturated rings. The Morgan fingerprint density at radius 3 is 2.78 bits per heavy atom. The van der Waals surface area contributed by atoms with Gasteiger partial charge >= 0.3 is 6.03 Å². The summed E-state index contributed by atoms with van der Waals surface area (Å²) in [4.78, 5) is 18.0. The quantitative estimate of drug-likeness (QED) is 0.689. The fourth-order valence-corrected chi connectivity index (χ4v) is 4.62. The largest absolute Gasteiger partial charge is 0.397 e. The van der Waals surface area contributed by atoms with Crippen LogP contribution in [0.25, 0.3) is 11.1 Å². The number of nitrogen functional groups attached to an aromatic ring is 1. The van der Waals surface area contributed by atoms with Crippen LogP contribution in [0.1, 0.15) is 25.3 Å². The van der Waals surface area contributed by atoms with Crippen molar-refractivity contribution in [2.24, 2.45) is 0 Å². The van der Waals surface area contributed by atoms with Crippen LogP contribution in [0.4, 0.5) is 26.4 Å². The van der Waals surface area contributed by atoms with E-state index < -0.39 is 5.82 Å². The Labute approximate surface area is 160 Å². The number of carbonyl (C=O) groups is 1. The molecular formula is C19H19ClFN5O. The number of nitrogens with two attached hydrogens (primary N) is 1. The second-order valence-corrected chi connectivity index (χ2v) is 7.99. The molecule has 3 heterocycles. The van der Waals surface area contributed by atoms with Crippen LogP contribution >= 0.6 is 11.6 Å². The zero-order valence-electron chi connectivity index (χ0n) is 14.8. The van der Waals surface area contributed by atoms with Crippen molar-refractivity contribution in [2.75, 3.05) is 29.0 Å². The predicted octanol–water partition coefficient (Wildman–Crippen LogP) is 3.50. The summed E-state index contributed by atoms with van der Waals surface area (Å²) >= 11 is 6.72. The lowest BCUT2D eigenvalue weighted by atomic mass is 9.95. The van der Waals surface area contributed by atoms with E-state index in [-0.39, 0.29) is 28.9 Å². The Morgan fingerprint density at radius 2 is 2.11 bits per heavy atom. The van der Waals surface area contributed by atoms with Gasteiger partial charge in [-0.05, 0) is 31.9 Å². The first-order valence-corrected chi connectivity index (χ1v) is 9.39. The highest BCUT2D eigenvalue weighted by Crippen LogP contribution is 2.57. The summed E-state index contributed by atoms with van der Waals surface area (Å²) in [7, 11) is 0. The topological polar surface area (TPSA) is 83.3 Å². The number of hydrogen-bond donors (Lipinski definition) is 3. The molecule has 1 saturated carbocycles. The number of hydrogen-bond acceptors (Lipinski definition) is 4. The minimum atomic E-state index is -0.557. The monoisotopic (exact) mass is 387 g/mol. The highest BCUT2D eigenvalue weighted by Gasteiger charge is 2.51. The van der Waals surface area contributed by atoms with Crippen molar-refractivity contribution in [3.05, 3.63) is 34.7 Å². The molecule has 2 aliphatic heterocycles. The first-order valence-electron chi connectivity index (χ1n) is 9.01. The van der Waals surface area contributed by atoms with E-state index in [2.05, 4.69) is 15.6 Å². The molecule has 140 valence electrons. The molecule has 1 unspecified atom stereocenters. The fraction of sp³-hybridized carbons (Fsp3) is 0.368. The molecule has 4 N–H and O–H groups in total. The average molecular weight is 388 g/mol. The molecule has 8 heteroatoms. The third-order valence-electron chi connectivity index (χ3n) is 5.88. The lowest BCUT2D eigenvalue weighted by Crippen LogP contribution is -2.33. The Morgan fingerprint density at radius 1 is 1.33 bits per heavy atom. The van der Waals surface area contributed by atoms with Crippen molar-refractivity contribution in [3.8, 4) is 11.1 Å². The molecule has 1 aromatic carbocycles. The van der Waals surface area contributed by atoms with E-state index in [4.69, 9.17) is 17.3 Å². The van der Waals surface area contributed by atoms with Crippen LogP contribution in [0.15, 0.2) is 18.3 Å². The number of halogens is 2. The van der Waals surface area contributed by atoms with E-state index in [1.54, 1.807) is 18.3 Å². The molecule has 6 nitrogen and oxygen atoms in total. The van der Waals surface area contributed by atoms with Gasteiger partial charge in [0.1, 0.15) is 11.5 Å². The molecule has 27 heavy (non-hydrogen) atoms. The molecule has 0 radical (unpaired) electrons. The molecule has 3 aliphatic rings. The molecule has 1 aliphatic carbocycles. The van der Waals surface area contributed by atoms with E-state index in [0.717, 1.165) is 30.8 Å². The summed E-state index contributed by atoms with van der Waals surface area (Å²) in [6.45, 7) is 3.10. The van der Waals surface area contributed by atoms with Gasteiger partial charge in [-0.25, -0.2) is 14.2 Å². The van der Waals surface area contributed by atoms with Gasteiger partial charge in [-0.3, -0.25) is 4.90 Å². The van der Waals surface area contributed by atoms with Crippen LogP contribution in [0, 0.1) is 5.82 Å². The highest BCUT2D eigenvalue weighted by atomic mass is 35.5. The fourth-order valence-electron chi connectivity index (χ4n) is 4.18. The van der Waals surface area contributed by atoms with Crippen LogP contribution in [-0.2, 0) is 5.41 Å². The molecule has 1 spiro atoms. The van der Waals surface area contributed by atoms with Crippen molar-refractivity contribution in [3.63, 3.8) is 0 Å². The molecule has 2 amide bonds. The van der Waals surface area contributed by atoms with Gasteiger partial charge < -0.3 is 16.4 Å². The number of carbonyl (C=O) groups excluding carboxylic acids is 1.